The van der Waals surface area contributed by atoms with Crippen molar-refractivity contribution < 1.29 is 23.5 Å². The van der Waals surface area contributed by atoms with E-state index in [4.69, 9.17) is 14.6 Å². The molecular weight excluding hydrogens is 525 g/mol. The van der Waals surface area contributed by atoms with Crippen molar-refractivity contribution in [1.82, 2.24) is 24.2 Å². The summed E-state index contributed by atoms with van der Waals surface area (Å²) in [5, 5.41) is 5.79. The van der Waals surface area contributed by atoms with Gasteiger partial charge in [0.25, 0.3) is 0 Å². The number of hydrogen-bond acceptors (Lipinski definition) is 6. The Bertz CT molecular complexity index is 1420. The Kier molecular flexibility index (Phi) is 7.40. The van der Waals surface area contributed by atoms with Crippen LogP contribution in [0.15, 0.2) is 24.7 Å². The highest BCUT2D eigenvalue weighted by atomic mass is 19.1. The summed E-state index contributed by atoms with van der Waals surface area (Å²) >= 11 is 0. The zero-order valence-electron chi connectivity index (χ0n) is 25.4. The molecule has 5 rings (SSSR count). The first kappa shape index (κ1) is 29.1. The number of imide groups is 1. The highest BCUT2D eigenvalue weighted by Crippen LogP contribution is 2.47. The molecule has 41 heavy (non-hydrogen) atoms. The SMILES string of the molecule is CC(C)n1ccc2c(-c3cn([C@H]4C[C@H](CN(C(=O)OC(C)(C)C)C(=O)OC(C)(C)C)C4)nc3C3CC3)ncc(F)c21. The van der Waals surface area contributed by atoms with Gasteiger partial charge in [0.15, 0.2) is 5.82 Å². The molecule has 2 saturated carbocycles. The molecule has 9 nitrogen and oxygen atoms in total. The van der Waals surface area contributed by atoms with E-state index in [1.165, 1.54) is 6.20 Å². The van der Waals surface area contributed by atoms with Crippen LogP contribution in [-0.4, -0.2) is 54.2 Å². The van der Waals surface area contributed by atoms with E-state index in [1.807, 2.05) is 41.6 Å². The lowest BCUT2D eigenvalue weighted by Gasteiger charge is -2.38. The van der Waals surface area contributed by atoms with Crippen LogP contribution in [0, 0.1) is 11.7 Å². The van der Waals surface area contributed by atoms with Crippen molar-refractivity contribution in [3.05, 3.63) is 36.2 Å². The van der Waals surface area contributed by atoms with E-state index >= 15 is 0 Å². The predicted molar refractivity (Wildman–Crippen MR) is 154 cm³/mol. The normalized spacial score (nSPS) is 19.4. The van der Waals surface area contributed by atoms with Crippen LogP contribution in [0.5, 0.6) is 0 Å². The maximum absolute atomic E-state index is 14.9. The minimum Gasteiger partial charge on any atom is -0.443 e. The zero-order chi connectivity index (χ0) is 29.9. The minimum atomic E-state index is -0.736. The fourth-order valence-electron chi connectivity index (χ4n) is 5.40. The van der Waals surface area contributed by atoms with E-state index in [0.29, 0.717) is 11.4 Å². The van der Waals surface area contributed by atoms with Gasteiger partial charge in [0.2, 0.25) is 0 Å². The second-order valence-corrected chi connectivity index (χ2v) is 13.8. The number of aromatic nitrogens is 4. The van der Waals surface area contributed by atoms with Gasteiger partial charge in [0.05, 0.1) is 29.1 Å². The van der Waals surface area contributed by atoms with Crippen molar-refractivity contribution in [2.24, 2.45) is 5.92 Å². The van der Waals surface area contributed by atoms with E-state index in [-0.39, 0.29) is 30.4 Å². The molecule has 2 aliphatic carbocycles. The van der Waals surface area contributed by atoms with Crippen LogP contribution in [0.25, 0.3) is 22.2 Å². The first-order valence-corrected chi connectivity index (χ1v) is 14.6. The number of fused-ring (bicyclic) bond motifs is 1. The molecule has 3 heterocycles. The van der Waals surface area contributed by atoms with Crippen molar-refractivity contribution in [3.8, 4) is 11.3 Å². The fourth-order valence-corrected chi connectivity index (χ4v) is 5.40. The van der Waals surface area contributed by atoms with Gasteiger partial charge in [-0.05, 0) is 93.1 Å². The Morgan fingerprint density at radius 2 is 1.68 bits per heavy atom. The summed E-state index contributed by atoms with van der Waals surface area (Å²) in [5.41, 5.74) is 1.81. The van der Waals surface area contributed by atoms with E-state index in [2.05, 4.69) is 4.98 Å². The lowest BCUT2D eigenvalue weighted by atomic mass is 9.80. The number of pyridine rings is 1. The van der Waals surface area contributed by atoms with Crippen LogP contribution in [0.1, 0.15) is 105 Å². The molecule has 0 N–H and O–H groups in total. The topological polar surface area (TPSA) is 91.5 Å². The third-order valence-corrected chi connectivity index (χ3v) is 7.49. The Hall–Kier alpha value is -3.43. The monoisotopic (exact) mass is 567 g/mol. The molecule has 2 amide bonds. The molecule has 0 atom stereocenters. The summed E-state index contributed by atoms with van der Waals surface area (Å²) in [7, 11) is 0. The molecule has 222 valence electrons. The smallest absolute Gasteiger partial charge is 0.419 e. The van der Waals surface area contributed by atoms with Gasteiger partial charge in [-0.3, -0.25) is 9.67 Å². The molecule has 0 aromatic carbocycles. The molecule has 0 radical (unpaired) electrons. The molecule has 0 unspecified atom stereocenters. The third-order valence-electron chi connectivity index (χ3n) is 7.49. The van der Waals surface area contributed by atoms with Crippen molar-refractivity contribution in [2.45, 2.75) is 110 Å². The molecule has 0 spiro atoms. The molecule has 2 fully saturated rings. The quantitative estimate of drug-likeness (QED) is 0.304. The number of hydrogen-bond donors (Lipinski definition) is 0. The number of carbonyl (C=O) groups is 2. The fraction of sp³-hybridized carbons (Fsp3) is 0.613. The van der Waals surface area contributed by atoms with Gasteiger partial charge in [0.1, 0.15) is 11.2 Å². The maximum Gasteiger partial charge on any atom is 0.419 e. The molecule has 10 heteroatoms. The second-order valence-electron chi connectivity index (χ2n) is 13.8. The lowest BCUT2D eigenvalue weighted by Crippen LogP contribution is -2.47. The van der Waals surface area contributed by atoms with Crippen LogP contribution < -0.4 is 0 Å². The van der Waals surface area contributed by atoms with Crippen molar-refractivity contribution in [1.29, 1.82) is 0 Å². The summed E-state index contributed by atoms with van der Waals surface area (Å²) in [6, 6.07) is 2.19. The van der Waals surface area contributed by atoms with Gasteiger partial charge >= 0.3 is 12.2 Å². The maximum atomic E-state index is 14.9. The molecule has 0 aliphatic heterocycles. The molecule has 0 bridgehead atoms. The Balaban J connectivity index is 1.36. The number of carbonyl (C=O) groups excluding carboxylic acids is 2. The average Bonchev–Trinajstić information content (AvgIpc) is 3.39. The third kappa shape index (κ3) is 6.26. The van der Waals surface area contributed by atoms with Crippen molar-refractivity contribution >= 4 is 23.1 Å². The highest BCUT2D eigenvalue weighted by Gasteiger charge is 2.40. The van der Waals surface area contributed by atoms with Crippen molar-refractivity contribution in [2.75, 3.05) is 6.54 Å². The summed E-state index contributed by atoms with van der Waals surface area (Å²) in [4.78, 5) is 31.5. The predicted octanol–water partition coefficient (Wildman–Crippen LogP) is 7.62. The van der Waals surface area contributed by atoms with Gasteiger partial charge < -0.3 is 14.0 Å². The minimum absolute atomic E-state index is 0.0905. The van der Waals surface area contributed by atoms with Gasteiger partial charge in [0, 0.05) is 41.8 Å². The van der Waals surface area contributed by atoms with Gasteiger partial charge in [-0.1, -0.05) is 0 Å². The molecular formula is C31H42FN5O4. The van der Waals surface area contributed by atoms with Crippen LogP contribution in [-0.2, 0) is 9.47 Å². The van der Waals surface area contributed by atoms with Gasteiger partial charge in [-0.15, -0.1) is 0 Å². The summed E-state index contributed by atoms with van der Waals surface area (Å²) in [5.74, 6) is 0.142. The van der Waals surface area contributed by atoms with Crippen LogP contribution >= 0.6 is 0 Å². The number of rotatable bonds is 6. The van der Waals surface area contributed by atoms with Crippen LogP contribution in [0.4, 0.5) is 14.0 Å². The number of halogens is 1. The average molecular weight is 568 g/mol. The lowest BCUT2D eigenvalue weighted by molar-refractivity contribution is -0.00641. The van der Waals surface area contributed by atoms with E-state index in [0.717, 1.165) is 52.9 Å². The van der Waals surface area contributed by atoms with Gasteiger partial charge in [-0.2, -0.15) is 5.10 Å². The Morgan fingerprint density at radius 1 is 1.07 bits per heavy atom. The summed E-state index contributed by atoms with van der Waals surface area (Å²) < 4.78 is 29.8. The molecule has 3 aromatic heterocycles. The Labute approximate surface area is 241 Å². The van der Waals surface area contributed by atoms with Gasteiger partial charge in [-0.25, -0.2) is 18.9 Å². The standard InChI is InChI=1S/C31H42FN5O4/c1-18(2)35-12-11-22-26(33-15-24(32)27(22)35)23-17-37(34-25(23)20-9-10-20)21-13-19(14-21)16-36(28(38)40-30(3,4)5)29(39)41-31(6,7)8/h11-12,15,17-21H,9-10,13-14,16H2,1-8H3/t19-,21-. The second kappa shape index (κ2) is 10.4. The Morgan fingerprint density at radius 3 is 2.22 bits per heavy atom. The van der Waals surface area contributed by atoms with E-state index in [1.54, 1.807) is 41.5 Å². The number of nitrogens with zero attached hydrogens (tertiary/aromatic N) is 5. The highest BCUT2D eigenvalue weighted by molar-refractivity contribution is 5.94. The summed E-state index contributed by atoms with van der Waals surface area (Å²) in [6.07, 6.45) is 7.53. The van der Waals surface area contributed by atoms with Crippen LogP contribution in [0.3, 0.4) is 0 Å². The first-order chi connectivity index (χ1) is 19.1. The van der Waals surface area contributed by atoms with Crippen molar-refractivity contribution in [3.63, 3.8) is 0 Å². The van der Waals surface area contributed by atoms with E-state index in [9.17, 15) is 14.0 Å². The number of amides is 2. The van der Waals surface area contributed by atoms with Crippen LogP contribution in [0.2, 0.25) is 0 Å². The molecule has 2 aliphatic rings. The number of ether oxygens (including phenoxy) is 2. The largest absolute Gasteiger partial charge is 0.443 e. The zero-order valence-corrected chi connectivity index (χ0v) is 25.4. The molecule has 0 saturated heterocycles. The molecule has 3 aromatic rings. The summed E-state index contributed by atoms with van der Waals surface area (Å²) in [6.45, 7) is 14.9. The first-order valence-electron chi connectivity index (χ1n) is 14.6. The van der Waals surface area contributed by atoms with E-state index < -0.39 is 23.4 Å².